The molecule has 0 bridgehead atoms. The zero-order valence-electron chi connectivity index (χ0n) is 11.2. The number of aliphatic hydroxyl groups is 1. The third-order valence-corrected chi connectivity index (χ3v) is 3.05. The van der Waals surface area contributed by atoms with Crippen LogP contribution < -0.4 is 10.9 Å². The van der Waals surface area contributed by atoms with Crippen molar-refractivity contribution in [1.82, 2.24) is 10.3 Å². The third-order valence-electron chi connectivity index (χ3n) is 3.05. The summed E-state index contributed by atoms with van der Waals surface area (Å²) in [7, 11) is 0. The van der Waals surface area contributed by atoms with Crippen LogP contribution in [0.2, 0.25) is 0 Å². The van der Waals surface area contributed by atoms with E-state index in [0.717, 1.165) is 13.0 Å². The first-order chi connectivity index (χ1) is 9.81. The van der Waals surface area contributed by atoms with Crippen molar-refractivity contribution in [3.05, 3.63) is 46.2 Å². The maximum absolute atomic E-state index is 12.1. The van der Waals surface area contributed by atoms with Crippen LogP contribution in [0, 0.1) is 0 Å². The molecule has 0 aliphatic carbocycles. The second-order valence-electron chi connectivity index (χ2n) is 4.85. The minimum atomic E-state index is -2.08. The summed E-state index contributed by atoms with van der Waals surface area (Å²) < 4.78 is 0. The Balaban J connectivity index is 2.32. The number of pyridine rings is 1. The predicted octanol–water partition coefficient (Wildman–Crippen LogP) is 0.0935. The number of aromatic nitrogens is 1. The molecule has 0 saturated carbocycles. The number of aromatic amines is 1. The number of hydrogen-bond acceptors (Lipinski definition) is 4. The number of para-hydroxylation sites is 1. The first-order valence-corrected chi connectivity index (χ1v) is 6.17. The molecular weight excluding hydrogens is 276 g/mol. The second kappa shape index (κ2) is 5.37. The maximum atomic E-state index is 12.1. The zero-order chi connectivity index (χ0) is 15.6. The van der Waals surface area contributed by atoms with E-state index in [-0.39, 0.29) is 5.56 Å². The topological polar surface area (TPSA) is 119 Å². The number of fused-ring (bicyclic) bond motifs is 1. The first kappa shape index (κ1) is 14.7. The molecule has 0 fully saturated rings. The maximum Gasteiger partial charge on any atom is 0.337 e. The average Bonchev–Trinajstić information content (AvgIpc) is 2.43. The van der Waals surface area contributed by atoms with Gasteiger partial charge >= 0.3 is 5.97 Å². The van der Waals surface area contributed by atoms with E-state index >= 15 is 0 Å². The standard InChI is InChI=1S/C14H14N2O5/c1-14(21,13(19)20)7-15-12(18)9-6-11(17)16-10-5-3-2-4-8(9)10/h2-6,21H,7H2,1H3,(H,15,18)(H,16,17)(H,19,20). The van der Waals surface area contributed by atoms with Crippen LogP contribution in [0.5, 0.6) is 0 Å². The highest BCUT2D eigenvalue weighted by Crippen LogP contribution is 2.14. The molecule has 110 valence electrons. The normalized spacial score (nSPS) is 13.6. The molecule has 0 aliphatic heterocycles. The molecule has 21 heavy (non-hydrogen) atoms. The molecule has 1 unspecified atom stereocenters. The molecule has 1 heterocycles. The van der Waals surface area contributed by atoms with Crippen molar-refractivity contribution in [1.29, 1.82) is 0 Å². The van der Waals surface area contributed by atoms with Gasteiger partial charge < -0.3 is 20.5 Å². The SMILES string of the molecule is CC(O)(CNC(=O)c1cc(=O)[nH]c2ccccc12)C(=O)O. The fourth-order valence-electron chi connectivity index (χ4n) is 1.82. The van der Waals surface area contributed by atoms with Gasteiger partial charge in [0.2, 0.25) is 5.56 Å². The third kappa shape index (κ3) is 3.09. The van der Waals surface area contributed by atoms with Crippen LogP contribution in [0.3, 0.4) is 0 Å². The summed E-state index contributed by atoms with van der Waals surface area (Å²) in [4.78, 5) is 37.0. The number of carboxylic acids is 1. The Hall–Kier alpha value is -2.67. The van der Waals surface area contributed by atoms with E-state index < -0.39 is 29.6 Å². The lowest BCUT2D eigenvalue weighted by Gasteiger charge is -2.18. The summed E-state index contributed by atoms with van der Waals surface area (Å²) in [5.41, 5.74) is -1.90. The molecule has 2 aromatic rings. The molecule has 7 nitrogen and oxygen atoms in total. The number of hydrogen-bond donors (Lipinski definition) is 4. The smallest absolute Gasteiger partial charge is 0.337 e. The van der Waals surface area contributed by atoms with Crippen molar-refractivity contribution < 1.29 is 19.8 Å². The van der Waals surface area contributed by atoms with E-state index in [4.69, 9.17) is 5.11 Å². The van der Waals surface area contributed by atoms with Gasteiger partial charge in [0.25, 0.3) is 5.91 Å². The van der Waals surface area contributed by atoms with Gasteiger partial charge in [-0.1, -0.05) is 18.2 Å². The number of carbonyl (C=O) groups is 2. The quantitative estimate of drug-likeness (QED) is 0.636. The average molecular weight is 290 g/mol. The molecule has 1 aromatic carbocycles. The summed E-state index contributed by atoms with van der Waals surface area (Å²) in [6, 6.07) is 7.88. The van der Waals surface area contributed by atoms with Gasteiger partial charge in [-0.15, -0.1) is 0 Å². The number of carboxylic acid groups (broad SMARTS) is 1. The number of H-pyrrole nitrogens is 1. The van der Waals surface area contributed by atoms with Gasteiger partial charge in [0.1, 0.15) is 0 Å². The number of nitrogens with one attached hydrogen (secondary N) is 2. The predicted molar refractivity (Wildman–Crippen MR) is 75.2 cm³/mol. The summed E-state index contributed by atoms with van der Waals surface area (Å²) in [6.45, 7) is 0.605. The number of aliphatic carboxylic acids is 1. The zero-order valence-corrected chi connectivity index (χ0v) is 11.2. The summed E-state index contributed by atoms with van der Waals surface area (Å²) in [5.74, 6) is -2.07. The molecule has 2 rings (SSSR count). The Kier molecular flexibility index (Phi) is 3.77. The highest BCUT2D eigenvalue weighted by Gasteiger charge is 2.30. The molecule has 0 saturated heterocycles. The molecule has 0 radical (unpaired) electrons. The van der Waals surface area contributed by atoms with Gasteiger partial charge in [-0.3, -0.25) is 9.59 Å². The lowest BCUT2D eigenvalue weighted by atomic mass is 10.1. The van der Waals surface area contributed by atoms with Gasteiger partial charge in [0.15, 0.2) is 5.60 Å². The fourth-order valence-corrected chi connectivity index (χ4v) is 1.82. The van der Waals surface area contributed by atoms with Gasteiger partial charge in [-0.2, -0.15) is 0 Å². The van der Waals surface area contributed by atoms with Gasteiger partial charge in [0.05, 0.1) is 12.1 Å². The van der Waals surface area contributed by atoms with E-state index in [2.05, 4.69) is 10.3 Å². The van der Waals surface area contributed by atoms with E-state index in [1.807, 2.05) is 0 Å². The van der Waals surface area contributed by atoms with E-state index in [1.54, 1.807) is 24.3 Å². The van der Waals surface area contributed by atoms with Crippen LogP contribution in [-0.2, 0) is 4.79 Å². The Morgan fingerprint density at radius 1 is 1.33 bits per heavy atom. The Bertz CT molecular complexity index is 763. The Morgan fingerprint density at radius 3 is 2.67 bits per heavy atom. The largest absolute Gasteiger partial charge is 0.479 e. The van der Waals surface area contributed by atoms with Crippen molar-refractivity contribution in [2.45, 2.75) is 12.5 Å². The van der Waals surface area contributed by atoms with Crippen LogP contribution in [-0.4, -0.2) is 39.2 Å². The van der Waals surface area contributed by atoms with Crippen molar-refractivity contribution in [2.24, 2.45) is 0 Å². The highest BCUT2D eigenvalue weighted by molar-refractivity contribution is 6.06. The molecular formula is C14H14N2O5. The first-order valence-electron chi connectivity index (χ1n) is 6.17. The Morgan fingerprint density at radius 2 is 2.00 bits per heavy atom. The Labute approximate surface area is 119 Å². The molecule has 7 heteroatoms. The molecule has 1 amide bonds. The van der Waals surface area contributed by atoms with Crippen LogP contribution in [0.1, 0.15) is 17.3 Å². The van der Waals surface area contributed by atoms with E-state index in [1.165, 1.54) is 0 Å². The summed E-state index contributed by atoms with van der Waals surface area (Å²) >= 11 is 0. The lowest BCUT2D eigenvalue weighted by Crippen LogP contribution is -2.46. The summed E-state index contributed by atoms with van der Waals surface area (Å²) in [6.07, 6.45) is 0. The van der Waals surface area contributed by atoms with Crippen molar-refractivity contribution >= 4 is 22.8 Å². The molecule has 1 atom stereocenters. The van der Waals surface area contributed by atoms with Crippen molar-refractivity contribution in [3.8, 4) is 0 Å². The highest BCUT2D eigenvalue weighted by atomic mass is 16.4. The minimum Gasteiger partial charge on any atom is -0.479 e. The van der Waals surface area contributed by atoms with Crippen LogP contribution in [0.4, 0.5) is 0 Å². The van der Waals surface area contributed by atoms with Gasteiger partial charge in [-0.25, -0.2) is 4.79 Å². The number of benzene rings is 1. The van der Waals surface area contributed by atoms with Crippen LogP contribution in [0.25, 0.3) is 10.9 Å². The van der Waals surface area contributed by atoms with Crippen LogP contribution in [0.15, 0.2) is 35.1 Å². The van der Waals surface area contributed by atoms with E-state index in [9.17, 15) is 19.5 Å². The fraction of sp³-hybridized carbons (Fsp3) is 0.214. The van der Waals surface area contributed by atoms with Crippen LogP contribution >= 0.6 is 0 Å². The molecule has 4 N–H and O–H groups in total. The monoisotopic (exact) mass is 290 g/mol. The number of carbonyl (C=O) groups excluding carboxylic acids is 1. The number of rotatable bonds is 4. The van der Waals surface area contributed by atoms with Crippen molar-refractivity contribution in [2.75, 3.05) is 6.54 Å². The molecule has 0 spiro atoms. The second-order valence-corrected chi connectivity index (χ2v) is 4.85. The van der Waals surface area contributed by atoms with Gasteiger partial charge in [0, 0.05) is 17.0 Å². The summed E-state index contributed by atoms with van der Waals surface area (Å²) in [5, 5.41) is 21.2. The van der Waals surface area contributed by atoms with Crippen molar-refractivity contribution in [3.63, 3.8) is 0 Å². The van der Waals surface area contributed by atoms with E-state index in [0.29, 0.717) is 10.9 Å². The molecule has 0 aliphatic rings. The number of amides is 1. The van der Waals surface area contributed by atoms with Gasteiger partial charge in [-0.05, 0) is 13.0 Å². The minimum absolute atomic E-state index is 0.121. The lowest BCUT2D eigenvalue weighted by molar-refractivity contribution is -0.155. The molecule has 1 aromatic heterocycles.